The van der Waals surface area contributed by atoms with Crippen molar-refractivity contribution in [2.24, 2.45) is 0 Å². The fourth-order valence-electron chi connectivity index (χ4n) is 2.73. The quantitative estimate of drug-likeness (QED) is 0.262. The van der Waals surface area contributed by atoms with E-state index in [9.17, 15) is 18.0 Å². The second kappa shape index (κ2) is 8.55. The van der Waals surface area contributed by atoms with Crippen molar-refractivity contribution in [3.8, 4) is 5.75 Å². The van der Waals surface area contributed by atoms with Gasteiger partial charge in [0.1, 0.15) is 5.57 Å². The lowest BCUT2D eigenvalue weighted by Gasteiger charge is -2.17. The Morgan fingerprint density at radius 1 is 1.10 bits per heavy atom. The van der Waals surface area contributed by atoms with Crippen LogP contribution in [0.1, 0.15) is 6.42 Å². The lowest BCUT2D eigenvalue weighted by Crippen LogP contribution is -2.51. The second-order valence-electron chi connectivity index (χ2n) is 6.07. The van der Waals surface area contributed by atoms with Crippen LogP contribution >= 0.6 is 12.2 Å². The van der Waals surface area contributed by atoms with E-state index in [1.807, 2.05) is 18.2 Å². The zero-order valence-corrected chi connectivity index (χ0v) is 16.6. The minimum absolute atomic E-state index is 0.0408. The number of hydrogen-bond acceptors (Lipinski definition) is 7. The van der Waals surface area contributed by atoms with Gasteiger partial charge in [-0.1, -0.05) is 24.3 Å². The summed E-state index contributed by atoms with van der Waals surface area (Å²) in [6.45, 7) is 0.305. The van der Waals surface area contributed by atoms with E-state index in [-0.39, 0.29) is 22.9 Å². The number of nitrogens with one attached hydrogen (secondary N) is 2. The van der Waals surface area contributed by atoms with E-state index >= 15 is 0 Å². The zero-order valence-electron chi connectivity index (χ0n) is 15.0. The van der Waals surface area contributed by atoms with E-state index in [1.54, 1.807) is 23.1 Å². The van der Waals surface area contributed by atoms with Crippen molar-refractivity contribution in [3.05, 3.63) is 60.0 Å². The number of rotatable bonds is 6. The van der Waals surface area contributed by atoms with Crippen molar-refractivity contribution in [2.45, 2.75) is 6.42 Å². The summed E-state index contributed by atoms with van der Waals surface area (Å²) in [5, 5.41) is 4.63. The third-order valence-electron chi connectivity index (χ3n) is 3.98. The van der Waals surface area contributed by atoms with Gasteiger partial charge < -0.3 is 9.64 Å². The molecule has 2 aliphatic rings. The van der Waals surface area contributed by atoms with Gasteiger partial charge >= 0.3 is 0 Å². The Bertz CT molecular complexity index is 1040. The molecule has 9 nitrogen and oxygen atoms in total. The normalized spacial score (nSPS) is 18.0. The van der Waals surface area contributed by atoms with Gasteiger partial charge in [0.15, 0.2) is 10.9 Å². The van der Waals surface area contributed by atoms with Crippen molar-refractivity contribution >= 4 is 45.0 Å². The predicted molar refractivity (Wildman–Crippen MR) is 110 cm³/mol. The summed E-state index contributed by atoms with van der Waals surface area (Å²) < 4.78 is 36.6. The molecule has 2 aliphatic heterocycles. The van der Waals surface area contributed by atoms with Crippen LogP contribution in [0.25, 0.3) is 0 Å². The number of hydrogen-bond donors (Lipinski definition) is 3. The third kappa shape index (κ3) is 5.28. The smallest absolute Gasteiger partial charge is 0.264 e. The molecule has 2 amide bonds. The van der Waals surface area contributed by atoms with Gasteiger partial charge in [0, 0.05) is 6.54 Å². The number of benzene rings is 1. The summed E-state index contributed by atoms with van der Waals surface area (Å²) >= 11 is 4.73. The fourth-order valence-corrected chi connectivity index (χ4v) is 3.41. The highest BCUT2D eigenvalue weighted by Gasteiger charge is 2.26. The maximum absolute atomic E-state index is 11.8. The highest BCUT2D eigenvalue weighted by Crippen LogP contribution is 2.38. The van der Waals surface area contributed by atoms with Gasteiger partial charge in [-0.05, 0) is 42.9 Å². The summed E-state index contributed by atoms with van der Waals surface area (Å²) in [6, 6.07) is 7.24. The number of thiocarbonyl (C=S) groups is 1. The molecule has 0 spiro atoms. The molecule has 1 aromatic rings. The van der Waals surface area contributed by atoms with E-state index in [0.29, 0.717) is 18.2 Å². The van der Waals surface area contributed by atoms with Gasteiger partial charge in [0.25, 0.3) is 21.9 Å². The molecule has 29 heavy (non-hydrogen) atoms. The standard InChI is InChI=1S/C18H17N3O6S2/c22-16-12(17(23)20-18(28)19-16)6-1-4-9-15-21(10-5-11-29(24,25)26)13-7-2-3-8-14(13)27-15/h1-4,6-9H,5,10-11H2,(H,24,25,26)(H2,19,20,22,23,28)/b4-1+,15-9+. The van der Waals surface area contributed by atoms with E-state index < -0.39 is 21.9 Å². The molecule has 0 radical (unpaired) electrons. The summed E-state index contributed by atoms with van der Waals surface area (Å²) in [5.41, 5.74) is 0.675. The number of ether oxygens (including phenoxy) is 1. The molecule has 152 valence electrons. The summed E-state index contributed by atoms with van der Waals surface area (Å²) in [4.78, 5) is 25.3. The first-order valence-electron chi connectivity index (χ1n) is 8.49. The lowest BCUT2D eigenvalue weighted by atomic mass is 10.2. The number of allylic oxidation sites excluding steroid dienone is 4. The van der Waals surface area contributed by atoms with Crippen LogP contribution in [0.4, 0.5) is 5.69 Å². The predicted octanol–water partition coefficient (Wildman–Crippen LogP) is 1.02. The molecule has 0 aromatic heterocycles. The first-order chi connectivity index (χ1) is 13.7. The summed E-state index contributed by atoms with van der Waals surface area (Å²) in [6.07, 6.45) is 6.24. The molecule has 2 heterocycles. The molecular weight excluding hydrogens is 418 g/mol. The molecule has 0 unspecified atom stereocenters. The fraction of sp³-hybridized carbons (Fsp3) is 0.167. The van der Waals surface area contributed by atoms with Gasteiger partial charge in [-0.25, -0.2) is 0 Å². The van der Waals surface area contributed by atoms with Crippen LogP contribution in [-0.2, 0) is 19.7 Å². The largest absolute Gasteiger partial charge is 0.439 e. The molecule has 0 aliphatic carbocycles. The Balaban J connectivity index is 1.75. The lowest BCUT2D eigenvalue weighted by molar-refractivity contribution is -0.123. The van der Waals surface area contributed by atoms with Crippen molar-refractivity contribution < 1.29 is 27.3 Å². The average Bonchev–Trinajstić information content (AvgIpc) is 2.97. The highest BCUT2D eigenvalue weighted by atomic mass is 32.2. The summed E-state index contributed by atoms with van der Waals surface area (Å²) in [5.74, 6) is -0.501. The van der Waals surface area contributed by atoms with Crippen LogP contribution in [-0.4, -0.2) is 42.2 Å². The van der Waals surface area contributed by atoms with Gasteiger partial charge in [0.2, 0.25) is 5.88 Å². The van der Waals surface area contributed by atoms with Crippen LogP contribution in [0.15, 0.2) is 60.0 Å². The first kappa shape index (κ1) is 20.7. The maximum atomic E-state index is 11.8. The number of fused-ring (bicyclic) bond motifs is 1. The Morgan fingerprint density at radius 3 is 2.45 bits per heavy atom. The minimum Gasteiger partial charge on any atom is -0.439 e. The van der Waals surface area contributed by atoms with E-state index in [1.165, 1.54) is 12.2 Å². The molecule has 3 N–H and O–H groups in total. The van der Waals surface area contributed by atoms with Crippen LogP contribution in [0.3, 0.4) is 0 Å². The van der Waals surface area contributed by atoms with Crippen molar-refractivity contribution in [1.29, 1.82) is 0 Å². The van der Waals surface area contributed by atoms with Crippen molar-refractivity contribution in [3.63, 3.8) is 0 Å². The molecule has 1 aromatic carbocycles. The topological polar surface area (TPSA) is 125 Å². The van der Waals surface area contributed by atoms with Gasteiger partial charge in [-0.3, -0.25) is 24.8 Å². The maximum Gasteiger partial charge on any atom is 0.264 e. The third-order valence-corrected chi connectivity index (χ3v) is 4.99. The number of carbonyl (C=O) groups excluding carboxylic acids is 2. The zero-order chi connectivity index (χ0) is 21.0. The molecule has 0 bridgehead atoms. The Kier molecular flexibility index (Phi) is 6.11. The number of anilines is 1. The molecule has 11 heteroatoms. The number of nitrogens with zero attached hydrogens (tertiary/aromatic N) is 1. The molecule has 1 saturated heterocycles. The average molecular weight is 435 g/mol. The highest BCUT2D eigenvalue weighted by molar-refractivity contribution is 7.85. The van der Waals surface area contributed by atoms with Gasteiger partial charge in [-0.2, -0.15) is 8.42 Å². The molecule has 0 atom stereocenters. The Hall–Kier alpha value is -3.02. The molecular formula is C18H17N3O6S2. The number of carbonyl (C=O) groups is 2. The molecule has 3 rings (SSSR count). The van der Waals surface area contributed by atoms with Crippen LogP contribution < -0.4 is 20.3 Å². The summed E-state index contributed by atoms with van der Waals surface area (Å²) in [7, 11) is -4.05. The number of para-hydroxylation sites is 2. The van der Waals surface area contributed by atoms with Crippen molar-refractivity contribution in [1.82, 2.24) is 10.6 Å². The van der Waals surface area contributed by atoms with Gasteiger partial charge in [-0.15, -0.1) is 0 Å². The Labute approximate surface area is 172 Å². The molecule has 1 fully saturated rings. The minimum atomic E-state index is -4.05. The number of amides is 2. The monoisotopic (exact) mass is 435 g/mol. The first-order valence-corrected chi connectivity index (χ1v) is 10.5. The molecule has 0 saturated carbocycles. The second-order valence-corrected chi connectivity index (χ2v) is 8.05. The van der Waals surface area contributed by atoms with E-state index in [4.69, 9.17) is 21.5 Å². The van der Waals surface area contributed by atoms with Crippen LogP contribution in [0, 0.1) is 0 Å². The van der Waals surface area contributed by atoms with Crippen LogP contribution in [0.5, 0.6) is 5.75 Å². The van der Waals surface area contributed by atoms with Gasteiger partial charge in [0.05, 0.1) is 11.4 Å². The SMILES string of the molecule is O=C1NC(=S)NC(=O)C1=C/C=C/C=C1/Oc2ccccc2N1CCCS(=O)(=O)O. The van der Waals surface area contributed by atoms with E-state index in [0.717, 1.165) is 5.69 Å². The van der Waals surface area contributed by atoms with Crippen LogP contribution in [0.2, 0.25) is 0 Å². The van der Waals surface area contributed by atoms with Crippen molar-refractivity contribution in [2.75, 3.05) is 17.2 Å². The Morgan fingerprint density at radius 2 is 1.76 bits per heavy atom. The van der Waals surface area contributed by atoms with E-state index in [2.05, 4.69) is 10.6 Å².